The molecule has 2 fully saturated rings. The molecule has 2 heterocycles. The Morgan fingerprint density at radius 1 is 1.07 bits per heavy atom. The first-order valence-corrected chi connectivity index (χ1v) is 11.2. The summed E-state index contributed by atoms with van der Waals surface area (Å²) in [5.74, 6) is -1.74. The number of carbonyl (C=O) groups is 2. The monoisotopic (exact) mass is 444 g/mol. The fraction of sp³-hybridized carbons (Fsp3) is 0.556. The maximum Gasteiger partial charge on any atom is 0.407 e. The molecule has 1 aromatic rings. The molecule has 30 heavy (non-hydrogen) atoms. The fourth-order valence-corrected chi connectivity index (χ4v) is 6.06. The van der Waals surface area contributed by atoms with Gasteiger partial charge in [0.05, 0.1) is 16.9 Å². The van der Waals surface area contributed by atoms with Crippen LogP contribution in [0.2, 0.25) is 0 Å². The van der Waals surface area contributed by atoms with Gasteiger partial charge in [0.25, 0.3) is 5.91 Å². The van der Waals surface area contributed by atoms with Crippen molar-refractivity contribution in [1.82, 2.24) is 14.7 Å². The molecule has 2 saturated heterocycles. The van der Waals surface area contributed by atoms with E-state index in [0.29, 0.717) is 18.8 Å². The van der Waals surface area contributed by atoms with Crippen molar-refractivity contribution in [3.05, 3.63) is 30.1 Å². The van der Waals surface area contributed by atoms with E-state index in [0.717, 1.165) is 4.90 Å². The minimum absolute atomic E-state index is 0.000660. The first-order chi connectivity index (χ1) is 14.2. The second-order valence-electron chi connectivity index (χ2n) is 7.58. The van der Waals surface area contributed by atoms with Gasteiger partial charge >= 0.3 is 6.09 Å². The van der Waals surface area contributed by atoms with Crippen LogP contribution in [0.5, 0.6) is 0 Å². The van der Waals surface area contributed by atoms with Gasteiger partial charge in [-0.05, 0) is 25.0 Å². The third-order valence-corrected chi connectivity index (χ3v) is 7.93. The number of likely N-dealkylation sites (tertiary alicyclic amines) is 1. The highest BCUT2D eigenvalue weighted by molar-refractivity contribution is 7.89. The van der Waals surface area contributed by atoms with E-state index in [1.807, 2.05) is 0 Å². The van der Waals surface area contributed by atoms with Crippen LogP contribution in [0.4, 0.5) is 14.9 Å². The van der Waals surface area contributed by atoms with E-state index in [1.165, 1.54) is 10.4 Å². The first kappa shape index (κ1) is 22.2. The number of carboxylic acid groups (broad SMARTS) is 1. The number of piperidine rings is 1. The molecule has 0 atom stereocenters. The normalized spacial score (nSPS) is 20.1. The third-order valence-electron chi connectivity index (χ3n) is 5.86. The second kappa shape index (κ2) is 8.74. The standard InChI is InChI=1S/C18H25FN4O6S/c19-14-3-1-2-4-15(14)21-9-11-23(12-10-21)30(28,29)13-18(16(24)20-27)5-7-22(8-6-18)17(25)26/h1-4,27H,5-13H2,(H,20,24)(H,25,26). The minimum Gasteiger partial charge on any atom is -0.465 e. The van der Waals surface area contributed by atoms with Crippen LogP contribution in [-0.2, 0) is 14.8 Å². The summed E-state index contributed by atoms with van der Waals surface area (Å²) >= 11 is 0. The molecule has 166 valence electrons. The van der Waals surface area contributed by atoms with Crippen molar-refractivity contribution in [2.24, 2.45) is 5.41 Å². The number of piperazine rings is 1. The Labute approximate surface area is 173 Å². The van der Waals surface area contributed by atoms with Gasteiger partial charge < -0.3 is 14.9 Å². The Morgan fingerprint density at radius 3 is 2.20 bits per heavy atom. The highest BCUT2D eigenvalue weighted by Crippen LogP contribution is 2.35. The Bertz CT molecular complexity index is 896. The molecular weight excluding hydrogens is 419 g/mol. The smallest absolute Gasteiger partial charge is 0.407 e. The van der Waals surface area contributed by atoms with Crippen LogP contribution in [0.1, 0.15) is 12.8 Å². The summed E-state index contributed by atoms with van der Waals surface area (Å²) in [7, 11) is -3.87. The molecular formula is C18H25FN4O6S. The van der Waals surface area contributed by atoms with Crippen molar-refractivity contribution in [2.45, 2.75) is 12.8 Å². The molecule has 0 saturated carbocycles. The molecule has 10 nitrogen and oxygen atoms in total. The average Bonchev–Trinajstić information content (AvgIpc) is 2.73. The van der Waals surface area contributed by atoms with Crippen LogP contribution in [0, 0.1) is 11.2 Å². The van der Waals surface area contributed by atoms with Crippen molar-refractivity contribution in [3.8, 4) is 0 Å². The number of benzene rings is 1. The molecule has 2 aliphatic heterocycles. The number of nitrogens with zero attached hydrogens (tertiary/aromatic N) is 3. The highest BCUT2D eigenvalue weighted by atomic mass is 32.2. The van der Waals surface area contributed by atoms with Crippen LogP contribution in [0.25, 0.3) is 0 Å². The molecule has 0 aliphatic carbocycles. The van der Waals surface area contributed by atoms with Crippen molar-refractivity contribution in [1.29, 1.82) is 0 Å². The summed E-state index contributed by atoms with van der Waals surface area (Å²) < 4.78 is 41.4. The summed E-state index contributed by atoms with van der Waals surface area (Å²) in [5.41, 5.74) is 0.537. The lowest BCUT2D eigenvalue weighted by atomic mass is 9.79. The molecule has 0 spiro atoms. The van der Waals surface area contributed by atoms with Crippen molar-refractivity contribution < 1.29 is 32.7 Å². The Kier molecular flexibility index (Phi) is 6.48. The number of carbonyl (C=O) groups excluding carboxylic acids is 1. The lowest BCUT2D eigenvalue weighted by molar-refractivity contribution is -0.141. The van der Waals surface area contributed by atoms with Crippen LogP contribution >= 0.6 is 0 Å². The molecule has 0 radical (unpaired) electrons. The van der Waals surface area contributed by atoms with Gasteiger partial charge in [0, 0.05) is 39.3 Å². The lowest BCUT2D eigenvalue weighted by Crippen LogP contribution is -2.56. The van der Waals surface area contributed by atoms with E-state index in [1.54, 1.807) is 28.6 Å². The van der Waals surface area contributed by atoms with E-state index in [9.17, 15) is 22.4 Å². The van der Waals surface area contributed by atoms with E-state index >= 15 is 0 Å². The fourth-order valence-electron chi connectivity index (χ4n) is 4.04. The number of sulfonamides is 1. The van der Waals surface area contributed by atoms with E-state index < -0.39 is 33.2 Å². The number of anilines is 1. The first-order valence-electron chi connectivity index (χ1n) is 9.58. The Hall–Kier alpha value is -2.44. The van der Waals surface area contributed by atoms with Gasteiger partial charge in [0.15, 0.2) is 0 Å². The Balaban J connectivity index is 1.69. The largest absolute Gasteiger partial charge is 0.465 e. The number of para-hydroxylation sites is 1. The third kappa shape index (κ3) is 4.50. The molecule has 0 aromatic heterocycles. The summed E-state index contributed by atoms with van der Waals surface area (Å²) in [6.07, 6.45) is -1.17. The molecule has 3 rings (SSSR count). The summed E-state index contributed by atoms with van der Waals surface area (Å²) in [6.45, 7) is 0.862. The van der Waals surface area contributed by atoms with Gasteiger partial charge in [0.2, 0.25) is 10.0 Å². The van der Waals surface area contributed by atoms with Gasteiger partial charge in [-0.25, -0.2) is 23.1 Å². The number of nitrogens with one attached hydrogen (secondary N) is 1. The summed E-state index contributed by atoms with van der Waals surface area (Å²) in [4.78, 5) is 26.3. The van der Waals surface area contributed by atoms with E-state index in [-0.39, 0.29) is 44.8 Å². The highest BCUT2D eigenvalue weighted by Gasteiger charge is 2.47. The molecule has 1 aromatic carbocycles. The van der Waals surface area contributed by atoms with Crippen LogP contribution in [0.15, 0.2) is 24.3 Å². The second-order valence-corrected chi connectivity index (χ2v) is 9.55. The van der Waals surface area contributed by atoms with Crippen LogP contribution < -0.4 is 10.4 Å². The van der Waals surface area contributed by atoms with Gasteiger partial charge in [-0.15, -0.1) is 0 Å². The molecule has 12 heteroatoms. The zero-order chi connectivity index (χ0) is 21.9. The maximum atomic E-state index is 14.0. The Morgan fingerprint density at radius 2 is 1.67 bits per heavy atom. The van der Waals surface area contributed by atoms with Gasteiger partial charge in [-0.2, -0.15) is 4.31 Å². The minimum atomic E-state index is -3.87. The number of hydroxylamine groups is 1. The zero-order valence-electron chi connectivity index (χ0n) is 16.3. The van der Waals surface area contributed by atoms with Crippen molar-refractivity contribution in [2.75, 3.05) is 49.9 Å². The van der Waals surface area contributed by atoms with Crippen LogP contribution in [0.3, 0.4) is 0 Å². The van der Waals surface area contributed by atoms with E-state index in [2.05, 4.69) is 0 Å². The topological polar surface area (TPSA) is 130 Å². The number of hydrogen-bond donors (Lipinski definition) is 3. The summed E-state index contributed by atoms with van der Waals surface area (Å²) in [6, 6.07) is 6.28. The lowest BCUT2D eigenvalue weighted by Gasteiger charge is -2.41. The van der Waals surface area contributed by atoms with Crippen molar-refractivity contribution >= 4 is 27.7 Å². The van der Waals surface area contributed by atoms with Gasteiger partial charge in [-0.3, -0.25) is 10.0 Å². The van der Waals surface area contributed by atoms with Gasteiger partial charge in [0.1, 0.15) is 5.82 Å². The zero-order valence-corrected chi connectivity index (χ0v) is 17.1. The predicted octanol–water partition coefficient (Wildman–Crippen LogP) is 0.543. The molecule has 0 unspecified atom stereocenters. The number of halogens is 1. The molecule has 3 N–H and O–H groups in total. The SMILES string of the molecule is O=C(O)N1CCC(CS(=O)(=O)N2CCN(c3ccccc3F)CC2)(C(=O)NO)CC1. The average molecular weight is 444 g/mol. The number of rotatable bonds is 5. The van der Waals surface area contributed by atoms with Crippen molar-refractivity contribution in [3.63, 3.8) is 0 Å². The maximum absolute atomic E-state index is 14.0. The van der Waals surface area contributed by atoms with Crippen LogP contribution in [-0.4, -0.2) is 85.0 Å². The molecule has 2 aliphatic rings. The predicted molar refractivity (Wildman–Crippen MR) is 105 cm³/mol. The number of hydrogen-bond acceptors (Lipinski definition) is 6. The van der Waals surface area contributed by atoms with E-state index in [4.69, 9.17) is 10.3 Å². The molecule has 0 bridgehead atoms. The van der Waals surface area contributed by atoms with Gasteiger partial charge in [-0.1, -0.05) is 12.1 Å². The molecule has 2 amide bonds. The quantitative estimate of drug-likeness (QED) is 0.446. The summed E-state index contributed by atoms with van der Waals surface area (Å²) in [5, 5.41) is 18.2. The number of amides is 2.